The predicted octanol–water partition coefficient (Wildman–Crippen LogP) is 3.37. The molecule has 0 unspecified atom stereocenters. The van der Waals surface area contributed by atoms with E-state index in [1.807, 2.05) is 0 Å². The molecule has 1 aliphatic rings. The summed E-state index contributed by atoms with van der Waals surface area (Å²) in [5.41, 5.74) is -0.619. The molecule has 1 amide bonds. The maximum absolute atomic E-state index is 12.8. The minimum absolute atomic E-state index is 0.132. The first-order chi connectivity index (χ1) is 13.6. The van der Waals surface area contributed by atoms with Crippen LogP contribution in [0.25, 0.3) is 0 Å². The van der Waals surface area contributed by atoms with Crippen molar-refractivity contribution in [2.24, 2.45) is 0 Å². The van der Waals surface area contributed by atoms with Gasteiger partial charge in [-0.2, -0.15) is 17.5 Å². The highest BCUT2D eigenvalue weighted by atomic mass is 35.5. The number of hydrogen-bond donors (Lipinski definition) is 1. The Kier molecular flexibility index (Phi) is 6.42. The molecule has 2 aromatic rings. The molecule has 0 radical (unpaired) electrons. The van der Waals surface area contributed by atoms with Crippen molar-refractivity contribution < 1.29 is 26.4 Å². The molecule has 29 heavy (non-hydrogen) atoms. The van der Waals surface area contributed by atoms with Gasteiger partial charge in [-0.05, 0) is 30.3 Å². The molecule has 1 N–H and O–H groups in total. The Hall–Kier alpha value is -1.82. The van der Waals surface area contributed by atoms with E-state index in [1.54, 1.807) is 0 Å². The van der Waals surface area contributed by atoms with Gasteiger partial charge in [-0.3, -0.25) is 4.79 Å². The lowest BCUT2D eigenvalue weighted by molar-refractivity contribution is -0.137. The van der Waals surface area contributed by atoms with Crippen LogP contribution >= 0.6 is 22.9 Å². The summed E-state index contributed by atoms with van der Waals surface area (Å²) in [6.07, 6.45) is -4.46. The van der Waals surface area contributed by atoms with Gasteiger partial charge >= 0.3 is 6.18 Å². The van der Waals surface area contributed by atoms with Crippen molar-refractivity contribution in [3.63, 3.8) is 0 Å². The summed E-state index contributed by atoms with van der Waals surface area (Å²) in [5, 5.41) is 2.69. The zero-order valence-electron chi connectivity index (χ0n) is 14.9. The molecule has 12 heteroatoms. The maximum atomic E-state index is 12.8. The second kappa shape index (κ2) is 8.50. The summed E-state index contributed by atoms with van der Waals surface area (Å²) in [6.45, 7) is 0.470. The largest absolute Gasteiger partial charge is 0.416 e. The topological polar surface area (TPSA) is 69.7 Å². The van der Waals surface area contributed by atoms with Crippen LogP contribution in [0.2, 0.25) is 4.34 Å². The highest BCUT2D eigenvalue weighted by molar-refractivity contribution is 7.91. The van der Waals surface area contributed by atoms with Crippen LogP contribution in [0.3, 0.4) is 0 Å². The molecule has 1 aromatic carbocycles. The van der Waals surface area contributed by atoms with Crippen LogP contribution in [0.1, 0.15) is 5.56 Å². The van der Waals surface area contributed by atoms with Crippen molar-refractivity contribution in [2.75, 3.05) is 38.0 Å². The van der Waals surface area contributed by atoms with Crippen LogP contribution < -0.4 is 5.32 Å². The molecule has 0 bridgehead atoms. The van der Waals surface area contributed by atoms with Crippen molar-refractivity contribution >= 4 is 44.6 Å². The first-order valence-corrected chi connectivity index (χ1v) is 11.2. The number of sulfonamides is 1. The fraction of sp³-hybridized carbons (Fsp3) is 0.353. The van der Waals surface area contributed by atoms with Gasteiger partial charge in [0.25, 0.3) is 10.0 Å². The molecule has 1 saturated heterocycles. The summed E-state index contributed by atoms with van der Waals surface area (Å²) in [6, 6.07) is 7.55. The van der Waals surface area contributed by atoms with Crippen LogP contribution in [0.15, 0.2) is 40.6 Å². The lowest BCUT2D eigenvalue weighted by Crippen LogP contribution is -2.51. The molecule has 158 valence electrons. The van der Waals surface area contributed by atoms with Gasteiger partial charge in [0.05, 0.1) is 16.4 Å². The lowest BCUT2D eigenvalue weighted by atomic mass is 10.2. The first-order valence-electron chi connectivity index (χ1n) is 8.52. The Balaban J connectivity index is 1.54. The van der Waals surface area contributed by atoms with E-state index in [9.17, 15) is 26.4 Å². The van der Waals surface area contributed by atoms with Gasteiger partial charge in [-0.25, -0.2) is 8.42 Å². The fourth-order valence-electron chi connectivity index (χ4n) is 2.84. The van der Waals surface area contributed by atoms with E-state index in [4.69, 9.17) is 11.6 Å². The molecule has 0 saturated carbocycles. The molecule has 0 atom stereocenters. The number of anilines is 1. The molecular weight excluding hydrogens is 451 g/mol. The van der Waals surface area contributed by atoms with Gasteiger partial charge in [0, 0.05) is 31.9 Å². The maximum Gasteiger partial charge on any atom is 0.416 e. The summed E-state index contributed by atoms with van der Waals surface area (Å²) in [4.78, 5) is 13.8. The minimum atomic E-state index is -4.46. The van der Waals surface area contributed by atoms with Gasteiger partial charge < -0.3 is 10.2 Å². The number of nitrogens with one attached hydrogen (secondary N) is 1. The third-order valence-electron chi connectivity index (χ3n) is 4.37. The van der Waals surface area contributed by atoms with Crippen molar-refractivity contribution in [3.05, 3.63) is 46.3 Å². The SMILES string of the molecule is O=C(CNc1cccc(C(F)(F)F)c1)N1CCN(S(=O)(=O)c2ccc(Cl)s2)CC1. The molecule has 0 aliphatic carbocycles. The van der Waals surface area contributed by atoms with E-state index in [2.05, 4.69) is 5.32 Å². The molecule has 1 aromatic heterocycles. The number of alkyl halides is 3. The molecule has 1 fully saturated rings. The molecule has 1 aliphatic heterocycles. The van der Waals surface area contributed by atoms with Crippen LogP contribution in [0.5, 0.6) is 0 Å². The number of halogens is 4. The zero-order valence-corrected chi connectivity index (χ0v) is 17.3. The van der Waals surface area contributed by atoms with Crippen LogP contribution in [0, 0.1) is 0 Å². The first kappa shape index (κ1) is 21.9. The zero-order chi connectivity index (χ0) is 21.2. The fourth-order valence-corrected chi connectivity index (χ4v) is 5.90. The number of piperazine rings is 1. The van der Waals surface area contributed by atoms with Gasteiger partial charge in [0.1, 0.15) is 4.21 Å². The molecule has 0 spiro atoms. The number of hydrogen-bond acceptors (Lipinski definition) is 5. The molecular formula is C17H17ClF3N3O3S2. The monoisotopic (exact) mass is 467 g/mol. The van der Waals surface area contributed by atoms with Crippen LogP contribution in [-0.4, -0.2) is 56.3 Å². The van der Waals surface area contributed by atoms with E-state index < -0.39 is 21.8 Å². The van der Waals surface area contributed by atoms with Crippen LogP contribution in [-0.2, 0) is 21.0 Å². The van der Waals surface area contributed by atoms with Crippen molar-refractivity contribution in [2.45, 2.75) is 10.4 Å². The average Bonchev–Trinajstić information content (AvgIpc) is 3.13. The van der Waals surface area contributed by atoms with Crippen molar-refractivity contribution in [3.8, 4) is 0 Å². The molecule has 2 heterocycles. The Morgan fingerprint density at radius 2 is 1.83 bits per heavy atom. The Labute approximate surface area is 174 Å². The average molecular weight is 468 g/mol. The van der Waals surface area contributed by atoms with E-state index in [1.165, 1.54) is 33.5 Å². The molecule has 6 nitrogen and oxygen atoms in total. The van der Waals surface area contributed by atoms with Crippen LogP contribution in [0.4, 0.5) is 18.9 Å². The highest BCUT2D eigenvalue weighted by Gasteiger charge is 2.32. The smallest absolute Gasteiger partial charge is 0.376 e. The number of thiophene rings is 1. The Morgan fingerprint density at radius 1 is 1.14 bits per heavy atom. The van der Waals surface area contributed by atoms with Gasteiger partial charge in [-0.15, -0.1) is 11.3 Å². The minimum Gasteiger partial charge on any atom is -0.376 e. The van der Waals surface area contributed by atoms with Gasteiger partial charge in [0.15, 0.2) is 0 Å². The quantitative estimate of drug-likeness (QED) is 0.732. The number of rotatable bonds is 5. The normalized spacial score (nSPS) is 16.1. The van der Waals surface area contributed by atoms with Crippen molar-refractivity contribution in [1.82, 2.24) is 9.21 Å². The third kappa shape index (κ3) is 5.21. The lowest BCUT2D eigenvalue weighted by Gasteiger charge is -2.33. The number of carbonyl (C=O) groups excluding carboxylic acids is 1. The van der Waals surface area contributed by atoms with E-state index in [-0.39, 0.29) is 48.5 Å². The summed E-state index contributed by atoms with van der Waals surface area (Å²) < 4.78 is 65.2. The van der Waals surface area contributed by atoms with Gasteiger partial charge in [0.2, 0.25) is 5.91 Å². The number of carbonyl (C=O) groups is 1. The van der Waals surface area contributed by atoms with Crippen molar-refractivity contribution in [1.29, 1.82) is 0 Å². The van der Waals surface area contributed by atoms with E-state index in [0.717, 1.165) is 23.5 Å². The summed E-state index contributed by atoms with van der Waals surface area (Å²) >= 11 is 6.77. The number of nitrogens with zero attached hydrogens (tertiary/aromatic N) is 2. The predicted molar refractivity (Wildman–Crippen MR) is 105 cm³/mol. The number of amides is 1. The Bertz CT molecular complexity index is 987. The van der Waals surface area contributed by atoms with E-state index in [0.29, 0.717) is 4.34 Å². The number of benzene rings is 1. The third-order valence-corrected chi connectivity index (χ3v) is 7.96. The van der Waals surface area contributed by atoms with Gasteiger partial charge in [-0.1, -0.05) is 17.7 Å². The summed E-state index contributed by atoms with van der Waals surface area (Å²) in [5.74, 6) is -0.321. The second-order valence-electron chi connectivity index (χ2n) is 6.28. The highest BCUT2D eigenvalue weighted by Crippen LogP contribution is 2.31. The standard InChI is InChI=1S/C17H17ClF3N3O3S2/c18-14-4-5-16(28-14)29(26,27)24-8-6-23(7-9-24)15(25)11-22-13-3-1-2-12(10-13)17(19,20)21/h1-5,10,22H,6-9,11H2. The Morgan fingerprint density at radius 3 is 2.41 bits per heavy atom. The molecule has 3 rings (SSSR count). The second-order valence-corrected chi connectivity index (χ2v) is 10.2. The van der Waals surface area contributed by atoms with E-state index >= 15 is 0 Å². The summed E-state index contributed by atoms with van der Waals surface area (Å²) in [7, 11) is -3.66.